The summed E-state index contributed by atoms with van der Waals surface area (Å²) in [5.41, 5.74) is -0.0134. The molecule has 0 unspecified atom stereocenters. The normalized spacial score (nSPS) is 17.2. The number of H-pyrrole nitrogens is 1. The number of esters is 1. The molecule has 1 heterocycles. The van der Waals surface area contributed by atoms with E-state index in [1.54, 1.807) is 6.92 Å². The molecule has 1 aliphatic rings. The molecule has 2 rings (SSSR count). The number of nitrogens with zero attached hydrogens (tertiary/aromatic N) is 1. The first-order valence-electron chi connectivity index (χ1n) is 7.14. The predicted octanol–water partition coefficient (Wildman–Crippen LogP) is 1.44. The van der Waals surface area contributed by atoms with Crippen LogP contribution in [0.3, 0.4) is 0 Å². The quantitative estimate of drug-likeness (QED) is 0.742. The first-order chi connectivity index (χ1) is 9.94. The molecule has 0 aliphatic heterocycles. The first-order valence-corrected chi connectivity index (χ1v) is 8.62. The van der Waals surface area contributed by atoms with E-state index < -0.39 is 16.0 Å². The van der Waals surface area contributed by atoms with Crippen LogP contribution in [-0.2, 0) is 14.8 Å². The van der Waals surface area contributed by atoms with Gasteiger partial charge in [0.05, 0.1) is 12.8 Å². The molecule has 0 radical (unpaired) electrons. The second kappa shape index (κ2) is 6.15. The van der Waals surface area contributed by atoms with E-state index in [9.17, 15) is 13.2 Å². The zero-order valence-electron chi connectivity index (χ0n) is 12.3. The molecule has 0 aromatic carbocycles. The van der Waals surface area contributed by atoms with Crippen molar-refractivity contribution in [2.45, 2.75) is 44.6 Å². The van der Waals surface area contributed by atoms with Crippen LogP contribution in [0.15, 0.2) is 11.2 Å². The third-order valence-corrected chi connectivity index (χ3v) is 5.54. The van der Waals surface area contributed by atoms with Gasteiger partial charge in [-0.05, 0) is 31.6 Å². The molecule has 118 valence electrons. The zero-order chi connectivity index (χ0) is 15.5. The summed E-state index contributed by atoms with van der Waals surface area (Å²) >= 11 is 0. The van der Waals surface area contributed by atoms with E-state index in [1.807, 2.05) is 0 Å². The second-order valence-electron chi connectivity index (χ2n) is 5.36. The maximum atomic E-state index is 12.3. The molecular weight excluding hydrogens is 294 g/mol. The number of hydrogen-bond donors (Lipinski definition) is 2. The minimum atomic E-state index is -3.80. The molecule has 1 saturated carbocycles. The van der Waals surface area contributed by atoms with Crippen molar-refractivity contribution in [1.82, 2.24) is 14.9 Å². The molecule has 2 N–H and O–H groups in total. The Morgan fingerprint density at radius 1 is 1.48 bits per heavy atom. The Morgan fingerprint density at radius 2 is 2.19 bits per heavy atom. The van der Waals surface area contributed by atoms with Gasteiger partial charge in [0, 0.05) is 6.54 Å². The highest BCUT2D eigenvalue weighted by Gasteiger charge is 2.37. The van der Waals surface area contributed by atoms with Crippen molar-refractivity contribution < 1.29 is 17.9 Å². The van der Waals surface area contributed by atoms with E-state index >= 15 is 0 Å². The molecule has 1 aliphatic carbocycles. The molecule has 1 aromatic rings. The number of aromatic nitrogens is 2. The predicted molar refractivity (Wildman–Crippen MR) is 76.3 cm³/mol. The SMILES string of the molecule is CCOC(=O)c1cn[nH]c1S(=O)(=O)NCC1(CC)CCC1. The number of aromatic amines is 1. The van der Waals surface area contributed by atoms with Crippen molar-refractivity contribution in [2.75, 3.05) is 13.2 Å². The molecule has 0 saturated heterocycles. The molecule has 0 bridgehead atoms. The van der Waals surface area contributed by atoms with Gasteiger partial charge in [-0.15, -0.1) is 0 Å². The summed E-state index contributed by atoms with van der Waals surface area (Å²) < 4.78 is 32.1. The van der Waals surface area contributed by atoms with Crippen LogP contribution in [0.2, 0.25) is 0 Å². The highest BCUT2D eigenvalue weighted by molar-refractivity contribution is 7.89. The van der Waals surface area contributed by atoms with Gasteiger partial charge in [-0.1, -0.05) is 13.3 Å². The fraction of sp³-hybridized carbons (Fsp3) is 0.692. The van der Waals surface area contributed by atoms with Gasteiger partial charge in [0.1, 0.15) is 5.56 Å². The van der Waals surface area contributed by atoms with Gasteiger partial charge >= 0.3 is 5.97 Å². The van der Waals surface area contributed by atoms with E-state index in [4.69, 9.17) is 4.74 Å². The number of hydrogen-bond acceptors (Lipinski definition) is 5. The maximum Gasteiger partial charge on any atom is 0.342 e. The Bertz CT molecular complexity index is 599. The summed E-state index contributed by atoms with van der Waals surface area (Å²) in [6.07, 6.45) is 5.29. The van der Waals surface area contributed by atoms with Crippen LogP contribution in [0, 0.1) is 5.41 Å². The smallest absolute Gasteiger partial charge is 0.342 e. The number of rotatable bonds is 7. The van der Waals surface area contributed by atoms with E-state index in [-0.39, 0.29) is 22.6 Å². The van der Waals surface area contributed by atoms with Gasteiger partial charge in [0.25, 0.3) is 10.0 Å². The largest absolute Gasteiger partial charge is 0.462 e. The van der Waals surface area contributed by atoms with Gasteiger partial charge in [0.2, 0.25) is 0 Å². The van der Waals surface area contributed by atoms with Gasteiger partial charge in [-0.2, -0.15) is 5.10 Å². The van der Waals surface area contributed by atoms with Crippen LogP contribution in [0.1, 0.15) is 49.9 Å². The molecular formula is C13H21N3O4S. The molecule has 0 atom stereocenters. The highest BCUT2D eigenvalue weighted by Crippen LogP contribution is 2.43. The summed E-state index contributed by atoms with van der Waals surface area (Å²) in [4.78, 5) is 11.7. The topological polar surface area (TPSA) is 101 Å². The van der Waals surface area contributed by atoms with Crippen LogP contribution in [0.4, 0.5) is 0 Å². The molecule has 1 fully saturated rings. The van der Waals surface area contributed by atoms with Crippen LogP contribution in [-0.4, -0.2) is 37.7 Å². The number of ether oxygens (including phenoxy) is 1. The summed E-state index contributed by atoms with van der Waals surface area (Å²) in [6.45, 7) is 4.28. The van der Waals surface area contributed by atoms with Crippen molar-refractivity contribution >= 4 is 16.0 Å². The fourth-order valence-corrected chi connectivity index (χ4v) is 3.72. The molecule has 21 heavy (non-hydrogen) atoms. The molecule has 1 aromatic heterocycles. The molecule has 0 amide bonds. The third-order valence-electron chi connectivity index (χ3n) is 4.17. The van der Waals surface area contributed by atoms with Crippen LogP contribution < -0.4 is 4.72 Å². The highest BCUT2D eigenvalue weighted by atomic mass is 32.2. The Hall–Kier alpha value is -1.41. The second-order valence-corrected chi connectivity index (χ2v) is 7.07. The zero-order valence-corrected chi connectivity index (χ0v) is 13.1. The maximum absolute atomic E-state index is 12.3. The first kappa shape index (κ1) is 16.0. The Labute approximate surface area is 124 Å². The van der Waals surface area contributed by atoms with E-state index in [0.717, 1.165) is 25.7 Å². The van der Waals surface area contributed by atoms with E-state index in [2.05, 4.69) is 21.8 Å². The summed E-state index contributed by atoms with van der Waals surface area (Å²) in [5, 5.41) is 5.79. The standard InChI is InChI=1S/C13H21N3O4S/c1-3-13(6-5-7-13)9-15-21(18,19)11-10(8-14-16-11)12(17)20-4-2/h8,15H,3-7,9H2,1-2H3,(H,14,16). The summed E-state index contributed by atoms with van der Waals surface area (Å²) in [5.74, 6) is -0.694. The monoisotopic (exact) mass is 315 g/mol. The third kappa shape index (κ3) is 3.26. The lowest BCUT2D eigenvalue weighted by molar-refractivity contribution is 0.0522. The minimum absolute atomic E-state index is 0.0528. The van der Waals surface area contributed by atoms with Gasteiger partial charge in [0.15, 0.2) is 5.03 Å². The molecule has 8 heteroatoms. The number of carbonyl (C=O) groups is 1. The lowest BCUT2D eigenvalue weighted by Gasteiger charge is -2.41. The average Bonchev–Trinajstić information content (AvgIpc) is 2.88. The summed E-state index contributed by atoms with van der Waals surface area (Å²) in [7, 11) is -3.80. The van der Waals surface area contributed by atoms with Gasteiger partial charge < -0.3 is 4.74 Å². The Balaban J connectivity index is 2.13. The number of sulfonamides is 1. The molecule has 0 spiro atoms. The van der Waals surface area contributed by atoms with Gasteiger partial charge in [-0.25, -0.2) is 17.9 Å². The fourth-order valence-electron chi connectivity index (χ4n) is 2.49. The van der Waals surface area contributed by atoms with Crippen molar-refractivity contribution in [3.8, 4) is 0 Å². The van der Waals surface area contributed by atoms with Crippen LogP contribution in [0.5, 0.6) is 0 Å². The van der Waals surface area contributed by atoms with Gasteiger partial charge in [-0.3, -0.25) is 5.10 Å². The number of nitrogens with one attached hydrogen (secondary N) is 2. The lowest BCUT2D eigenvalue weighted by atomic mass is 9.67. The van der Waals surface area contributed by atoms with Crippen LogP contribution in [0.25, 0.3) is 0 Å². The van der Waals surface area contributed by atoms with E-state index in [1.165, 1.54) is 6.20 Å². The Morgan fingerprint density at radius 3 is 2.71 bits per heavy atom. The lowest BCUT2D eigenvalue weighted by Crippen LogP contribution is -2.42. The van der Waals surface area contributed by atoms with Crippen molar-refractivity contribution in [3.63, 3.8) is 0 Å². The van der Waals surface area contributed by atoms with Crippen molar-refractivity contribution in [3.05, 3.63) is 11.8 Å². The van der Waals surface area contributed by atoms with Crippen molar-refractivity contribution in [2.24, 2.45) is 5.41 Å². The summed E-state index contributed by atoms with van der Waals surface area (Å²) in [6, 6.07) is 0. The van der Waals surface area contributed by atoms with Crippen molar-refractivity contribution in [1.29, 1.82) is 0 Å². The Kier molecular flexibility index (Phi) is 4.67. The minimum Gasteiger partial charge on any atom is -0.462 e. The average molecular weight is 315 g/mol. The number of carbonyl (C=O) groups excluding carboxylic acids is 1. The molecule has 7 nitrogen and oxygen atoms in total. The van der Waals surface area contributed by atoms with Crippen LogP contribution >= 0.6 is 0 Å². The van der Waals surface area contributed by atoms with E-state index in [0.29, 0.717) is 6.54 Å².